The van der Waals surface area contributed by atoms with Gasteiger partial charge in [-0.3, -0.25) is 14.9 Å². The van der Waals surface area contributed by atoms with Gasteiger partial charge in [0.1, 0.15) is 0 Å². The van der Waals surface area contributed by atoms with Crippen molar-refractivity contribution in [2.45, 2.75) is 0 Å². The van der Waals surface area contributed by atoms with Gasteiger partial charge in [-0.25, -0.2) is 0 Å². The summed E-state index contributed by atoms with van der Waals surface area (Å²) in [4.78, 5) is 22.7. The molecule has 0 unspecified atom stereocenters. The Bertz CT molecular complexity index is 923. The number of hydrogen-bond donors (Lipinski definition) is 0. The van der Waals surface area contributed by atoms with Crippen molar-refractivity contribution >= 4 is 28.3 Å². The number of nitro benzene ring substituents is 1. The molecule has 0 atom stereocenters. The number of hydrogen-bond acceptors (Lipinski definition) is 3. The van der Waals surface area contributed by atoms with Crippen molar-refractivity contribution in [2.75, 3.05) is 0 Å². The molecule has 3 rings (SSSR count). The third kappa shape index (κ3) is 3.16. The molecule has 0 amide bonds. The van der Waals surface area contributed by atoms with Crippen LogP contribution in [-0.2, 0) is 0 Å². The number of nitro groups is 1. The minimum atomic E-state index is -0.454. The maximum atomic E-state index is 12.4. The molecule has 0 spiro atoms. The van der Waals surface area contributed by atoms with Crippen molar-refractivity contribution in [1.82, 2.24) is 0 Å². The predicted molar refractivity (Wildman–Crippen MR) is 90.4 cm³/mol. The van der Waals surface area contributed by atoms with Crippen LogP contribution >= 0.6 is 0 Å². The fourth-order valence-corrected chi connectivity index (χ4v) is 2.44. The average Bonchev–Trinajstić information content (AvgIpc) is 2.59. The van der Waals surface area contributed by atoms with Crippen molar-refractivity contribution in [1.29, 1.82) is 0 Å². The van der Waals surface area contributed by atoms with Crippen molar-refractivity contribution in [3.8, 4) is 0 Å². The highest BCUT2D eigenvalue weighted by atomic mass is 16.6. The summed E-state index contributed by atoms with van der Waals surface area (Å²) in [6.07, 6.45) is 3.04. The summed E-state index contributed by atoms with van der Waals surface area (Å²) in [5, 5.41) is 12.7. The summed E-state index contributed by atoms with van der Waals surface area (Å²) in [5.74, 6) is -0.131. The molecule has 0 N–H and O–H groups in total. The Hall–Kier alpha value is -3.27. The number of nitrogens with zero attached hydrogens (tertiary/aromatic N) is 1. The molecule has 0 saturated heterocycles. The molecular formula is C19H13NO3. The maximum Gasteiger partial charge on any atom is 0.270 e. The van der Waals surface area contributed by atoms with Crippen molar-refractivity contribution in [3.63, 3.8) is 0 Å². The first-order chi connectivity index (χ1) is 11.1. The van der Waals surface area contributed by atoms with Gasteiger partial charge in [0.15, 0.2) is 5.78 Å². The van der Waals surface area contributed by atoms with E-state index in [0.29, 0.717) is 11.1 Å². The second-order valence-electron chi connectivity index (χ2n) is 5.08. The predicted octanol–water partition coefficient (Wildman–Crippen LogP) is 4.64. The first-order valence-corrected chi connectivity index (χ1v) is 7.10. The fraction of sp³-hybridized carbons (Fsp3) is 0. The van der Waals surface area contributed by atoms with Crippen LogP contribution in [0.2, 0.25) is 0 Å². The smallest absolute Gasteiger partial charge is 0.270 e. The number of non-ortho nitro benzene ring substituents is 1. The summed E-state index contributed by atoms with van der Waals surface area (Å²) in [5.41, 5.74) is 1.24. The standard InChI is InChI=1S/C19H13NO3/c21-19(12-11-14-5-3-8-16(13-14)20(22)23)18-10-4-7-15-6-1-2-9-17(15)18/h1-13H/b12-11+. The van der Waals surface area contributed by atoms with Gasteiger partial charge in [-0.05, 0) is 22.4 Å². The molecule has 0 heterocycles. The summed E-state index contributed by atoms with van der Waals surface area (Å²) in [7, 11) is 0. The van der Waals surface area contributed by atoms with Crippen molar-refractivity contribution in [2.24, 2.45) is 0 Å². The van der Waals surface area contributed by atoms with Gasteiger partial charge >= 0.3 is 0 Å². The lowest BCUT2D eigenvalue weighted by atomic mass is 10.0. The highest BCUT2D eigenvalue weighted by molar-refractivity contribution is 6.14. The van der Waals surface area contributed by atoms with Gasteiger partial charge in [-0.1, -0.05) is 60.7 Å². The Morgan fingerprint density at radius 3 is 2.52 bits per heavy atom. The van der Waals surface area contributed by atoms with E-state index in [2.05, 4.69) is 0 Å². The molecule has 23 heavy (non-hydrogen) atoms. The van der Waals surface area contributed by atoms with Gasteiger partial charge < -0.3 is 0 Å². The zero-order valence-corrected chi connectivity index (χ0v) is 12.2. The van der Waals surface area contributed by atoms with E-state index in [0.717, 1.165) is 10.8 Å². The van der Waals surface area contributed by atoms with Gasteiger partial charge in [0.05, 0.1) is 4.92 Å². The van der Waals surface area contributed by atoms with Crippen LogP contribution in [0.5, 0.6) is 0 Å². The van der Waals surface area contributed by atoms with Crippen LogP contribution < -0.4 is 0 Å². The zero-order valence-electron chi connectivity index (χ0n) is 12.2. The quantitative estimate of drug-likeness (QED) is 0.305. The van der Waals surface area contributed by atoms with E-state index >= 15 is 0 Å². The highest BCUT2D eigenvalue weighted by Gasteiger charge is 2.07. The lowest BCUT2D eigenvalue weighted by Crippen LogP contribution is -1.95. The molecule has 4 nitrogen and oxygen atoms in total. The molecule has 0 fully saturated rings. The van der Waals surface area contributed by atoms with Gasteiger partial charge in [0.25, 0.3) is 5.69 Å². The summed E-state index contributed by atoms with van der Waals surface area (Å²) < 4.78 is 0. The molecule has 0 radical (unpaired) electrons. The van der Waals surface area contributed by atoms with Crippen molar-refractivity contribution < 1.29 is 9.72 Å². The Morgan fingerprint density at radius 1 is 0.957 bits per heavy atom. The van der Waals surface area contributed by atoms with E-state index in [1.807, 2.05) is 36.4 Å². The van der Waals surface area contributed by atoms with Crippen LogP contribution in [0.1, 0.15) is 15.9 Å². The lowest BCUT2D eigenvalue weighted by molar-refractivity contribution is -0.384. The van der Waals surface area contributed by atoms with E-state index < -0.39 is 4.92 Å². The topological polar surface area (TPSA) is 60.2 Å². The Labute approximate surface area is 132 Å². The molecule has 3 aromatic rings. The van der Waals surface area contributed by atoms with Gasteiger partial charge in [-0.2, -0.15) is 0 Å². The van der Waals surface area contributed by atoms with Crippen LogP contribution in [0.3, 0.4) is 0 Å². The monoisotopic (exact) mass is 303 g/mol. The number of rotatable bonds is 4. The highest BCUT2D eigenvalue weighted by Crippen LogP contribution is 2.20. The molecular weight excluding hydrogens is 290 g/mol. The minimum Gasteiger partial charge on any atom is -0.289 e. The second kappa shape index (κ2) is 6.23. The van der Waals surface area contributed by atoms with Gasteiger partial charge in [0.2, 0.25) is 0 Å². The summed E-state index contributed by atoms with van der Waals surface area (Å²) >= 11 is 0. The van der Waals surface area contributed by atoms with E-state index in [4.69, 9.17) is 0 Å². The summed E-state index contributed by atoms with van der Waals surface area (Å²) in [6, 6.07) is 19.4. The van der Waals surface area contributed by atoms with E-state index in [9.17, 15) is 14.9 Å². The SMILES string of the molecule is O=C(/C=C/c1cccc([N+](=O)[O-])c1)c1cccc2ccccc12. The number of allylic oxidation sites excluding steroid dienone is 1. The van der Waals surface area contributed by atoms with Crippen LogP contribution in [0.15, 0.2) is 72.8 Å². The molecule has 0 aliphatic rings. The molecule has 3 aromatic carbocycles. The lowest BCUT2D eigenvalue weighted by Gasteiger charge is -2.02. The fourth-order valence-electron chi connectivity index (χ4n) is 2.44. The van der Waals surface area contributed by atoms with Gasteiger partial charge in [-0.15, -0.1) is 0 Å². The maximum absolute atomic E-state index is 12.4. The van der Waals surface area contributed by atoms with E-state index in [1.165, 1.54) is 18.2 Å². The third-order valence-corrected chi connectivity index (χ3v) is 3.56. The minimum absolute atomic E-state index is 0.00441. The van der Waals surface area contributed by atoms with Crippen molar-refractivity contribution in [3.05, 3.63) is 94.0 Å². The molecule has 0 aromatic heterocycles. The molecule has 0 aliphatic carbocycles. The molecule has 112 valence electrons. The van der Waals surface area contributed by atoms with Crippen LogP contribution in [0.4, 0.5) is 5.69 Å². The van der Waals surface area contributed by atoms with Gasteiger partial charge in [0, 0.05) is 17.7 Å². The normalized spacial score (nSPS) is 11.0. The first kappa shape index (κ1) is 14.7. The molecule has 0 bridgehead atoms. The molecule has 4 heteroatoms. The Kier molecular flexibility index (Phi) is 3.97. The largest absolute Gasteiger partial charge is 0.289 e. The molecule has 0 saturated carbocycles. The number of benzene rings is 3. The number of carbonyl (C=O) groups excluding carboxylic acids is 1. The second-order valence-corrected chi connectivity index (χ2v) is 5.08. The average molecular weight is 303 g/mol. The number of ketones is 1. The number of carbonyl (C=O) groups is 1. The van der Waals surface area contributed by atoms with E-state index in [-0.39, 0.29) is 11.5 Å². The molecule has 0 aliphatic heterocycles. The third-order valence-electron chi connectivity index (χ3n) is 3.56. The van der Waals surface area contributed by atoms with Crippen LogP contribution in [0, 0.1) is 10.1 Å². The first-order valence-electron chi connectivity index (χ1n) is 7.10. The van der Waals surface area contributed by atoms with Crippen LogP contribution in [-0.4, -0.2) is 10.7 Å². The zero-order chi connectivity index (χ0) is 16.2. The summed E-state index contributed by atoms with van der Waals surface area (Å²) in [6.45, 7) is 0. The Morgan fingerprint density at radius 2 is 1.70 bits per heavy atom. The Balaban J connectivity index is 1.92. The van der Waals surface area contributed by atoms with Crippen LogP contribution in [0.25, 0.3) is 16.8 Å². The van der Waals surface area contributed by atoms with E-state index in [1.54, 1.807) is 24.3 Å². The number of fused-ring (bicyclic) bond motifs is 1.